The summed E-state index contributed by atoms with van der Waals surface area (Å²) in [6, 6.07) is 0. The molecule has 0 aromatic carbocycles. The van der Waals surface area contributed by atoms with Gasteiger partial charge in [0, 0.05) is 19.1 Å². The zero-order chi connectivity index (χ0) is 6.85. The van der Waals surface area contributed by atoms with E-state index in [9.17, 15) is 0 Å². The van der Waals surface area contributed by atoms with Crippen LogP contribution in [0.4, 0.5) is 0 Å². The van der Waals surface area contributed by atoms with Crippen LogP contribution >= 0.6 is 0 Å². The van der Waals surface area contributed by atoms with Gasteiger partial charge in [0.05, 0.1) is 6.10 Å². The van der Waals surface area contributed by atoms with Gasteiger partial charge in [0.1, 0.15) is 0 Å². The third-order valence-electron chi connectivity index (χ3n) is 2.09. The lowest BCUT2D eigenvalue weighted by Gasteiger charge is -2.39. The number of rotatable bonds is 2. The number of hydrogen-bond donors (Lipinski definition) is 3. The van der Waals surface area contributed by atoms with E-state index in [0.29, 0.717) is 6.42 Å². The monoisotopic (exact) mass is 132 g/mol. The van der Waals surface area contributed by atoms with Crippen LogP contribution in [0.2, 0.25) is 0 Å². The van der Waals surface area contributed by atoms with Gasteiger partial charge in [-0.15, -0.1) is 0 Å². The fourth-order valence-corrected chi connectivity index (χ4v) is 1.26. The maximum Gasteiger partial charge on any atom is 0.0597 e. The van der Waals surface area contributed by atoms with Crippen molar-refractivity contribution in [1.29, 1.82) is 0 Å². The maximum atomic E-state index is 8.94. The minimum absolute atomic E-state index is 0.00755. The van der Waals surface area contributed by atoms with Crippen LogP contribution in [0, 0.1) is 11.8 Å². The van der Waals surface area contributed by atoms with Gasteiger partial charge in [-0.2, -0.15) is 0 Å². The summed E-state index contributed by atoms with van der Waals surface area (Å²) in [7, 11) is 0. The molecule has 0 spiro atoms. The molecule has 0 radical (unpaired) electrons. The van der Waals surface area contributed by atoms with Crippen molar-refractivity contribution in [2.24, 2.45) is 11.8 Å². The third kappa shape index (κ3) is 1.08. The Morgan fingerprint density at radius 2 is 1.89 bits per heavy atom. The van der Waals surface area contributed by atoms with Crippen LogP contribution in [0.25, 0.3) is 0 Å². The molecule has 3 atom stereocenters. The second-order valence-electron chi connectivity index (χ2n) is 2.59. The Balaban J connectivity index is 2.29. The SMILES string of the molecule is OC[C@@H]1C[C@@H](O)[C@H]1CO. The van der Waals surface area contributed by atoms with E-state index >= 15 is 0 Å². The Labute approximate surface area is 53.9 Å². The summed E-state index contributed by atoms with van der Waals surface area (Å²) in [5.74, 6) is 0.0556. The van der Waals surface area contributed by atoms with Gasteiger partial charge in [-0.1, -0.05) is 0 Å². The van der Waals surface area contributed by atoms with Gasteiger partial charge in [-0.25, -0.2) is 0 Å². The third-order valence-corrected chi connectivity index (χ3v) is 2.09. The molecule has 3 heteroatoms. The van der Waals surface area contributed by atoms with E-state index < -0.39 is 0 Å². The fraction of sp³-hybridized carbons (Fsp3) is 1.00. The first kappa shape index (κ1) is 6.99. The van der Waals surface area contributed by atoms with Gasteiger partial charge in [0.2, 0.25) is 0 Å². The molecule has 54 valence electrons. The van der Waals surface area contributed by atoms with Crippen molar-refractivity contribution < 1.29 is 15.3 Å². The zero-order valence-electron chi connectivity index (χ0n) is 5.20. The molecule has 9 heavy (non-hydrogen) atoms. The lowest BCUT2D eigenvalue weighted by atomic mass is 9.72. The minimum atomic E-state index is -0.382. The minimum Gasteiger partial charge on any atom is -0.396 e. The van der Waals surface area contributed by atoms with E-state index in [-0.39, 0.29) is 31.2 Å². The maximum absolute atomic E-state index is 8.94. The van der Waals surface area contributed by atoms with E-state index in [1.165, 1.54) is 0 Å². The van der Waals surface area contributed by atoms with Crippen LogP contribution in [-0.2, 0) is 0 Å². The van der Waals surface area contributed by atoms with Crippen LogP contribution in [-0.4, -0.2) is 34.6 Å². The van der Waals surface area contributed by atoms with E-state index in [0.717, 1.165) is 0 Å². The first-order valence-electron chi connectivity index (χ1n) is 3.19. The van der Waals surface area contributed by atoms with Gasteiger partial charge in [0.15, 0.2) is 0 Å². The molecule has 1 aliphatic rings. The lowest BCUT2D eigenvalue weighted by Crippen LogP contribution is -2.45. The first-order valence-corrected chi connectivity index (χ1v) is 3.19. The number of aliphatic hydroxyl groups is 3. The Hall–Kier alpha value is -0.120. The molecule has 0 aliphatic heterocycles. The van der Waals surface area contributed by atoms with Gasteiger partial charge < -0.3 is 15.3 Å². The smallest absolute Gasteiger partial charge is 0.0597 e. The molecule has 0 bridgehead atoms. The van der Waals surface area contributed by atoms with Crippen LogP contribution < -0.4 is 0 Å². The van der Waals surface area contributed by atoms with Gasteiger partial charge in [-0.3, -0.25) is 0 Å². The summed E-state index contributed by atoms with van der Waals surface area (Å²) in [4.78, 5) is 0. The van der Waals surface area contributed by atoms with Crippen molar-refractivity contribution in [3.05, 3.63) is 0 Å². The van der Waals surface area contributed by atoms with Crippen LogP contribution in [0.1, 0.15) is 6.42 Å². The fourth-order valence-electron chi connectivity index (χ4n) is 1.26. The normalized spacial score (nSPS) is 42.3. The summed E-state index contributed by atoms with van der Waals surface area (Å²) >= 11 is 0. The van der Waals surface area contributed by atoms with E-state index in [1.807, 2.05) is 0 Å². The average Bonchev–Trinajstić information content (AvgIpc) is 1.83. The van der Waals surface area contributed by atoms with Gasteiger partial charge >= 0.3 is 0 Å². The van der Waals surface area contributed by atoms with E-state index in [1.54, 1.807) is 0 Å². The molecule has 0 heterocycles. The molecular weight excluding hydrogens is 120 g/mol. The quantitative estimate of drug-likeness (QED) is 0.450. The van der Waals surface area contributed by atoms with Crippen molar-refractivity contribution in [1.82, 2.24) is 0 Å². The molecule has 0 saturated heterocycles. The topological polar surface area (TPSA) is 60.7 Å². The summed E-state index contributed by atoms with van der Waals surface area (Å²) in [5.41, 5.74) is 0. The Bertz CT molecular complexity index is 94.3. The van der Waals surface area contributed by atoms with Crippen molar-refractivity contribution in [2.75, 3.05) is 13.2 Å². The van der Waals surface area contributed by atoms with E-state index in [2.05, 4.69) is 0 Å². The summed E-state index contributed by atoms with van der Waals surface area (Å²) in [6.45, 7) is 0.0781. The zero-order valence-corrected chi connectivity index (χ0v) is 5.20. The van der Waals surface area contributed by atoms with Gasteiger partial charge in [-0.05, 0) is 12.3 Å². The Morgan fingerprint density at radius 1 is 1.22 bits per heavy atom. The van der Waals surface area contributed by atoms with Crippen LogP contribution in [0.5, 0.6) is 0 Å². The summed E-state index contributed by atoms with van der Waals surface area (Å²) in [5, 5.41) is 26.1. The van der Waals surface area contributed by atoms with Crippen molar-refractivity contribution in [3.8, 4) is 0 Å². The van der Waals surface area contributed by atoms with Crippen molar-refractivity contribution in [3.63, 3.8) is 0 Å². The van der Waals surface area contributed by atoms with Crippen molar-refractivity contribution in [2.45, 2.75) is 12.5 Å². The molecular formula is C6H12O3. The standard InChI is InChI=1S/C6H12O3/c7-2-4-1-6(9)5(4)3-8/h4-9H,1-3H2/t4-,5-,6+/m0/s1. The van der Waals surface area contributed by atoms with Crippen LogP contribution in [0.15, 0.2) is 0 Å². The molecule has 1 saturated carbocycles. The predicted octanol–water partition coefficient (Wildman–Crippen LogP) is -1.03. The van der Waals surface area contributed by atoms with E-state index in [4.69, 9.17) is 15.3 Å². The van der Waals surface area contributed by atoms with Gasteiger partial charge in [0.25, 0.3) is 0 Å². The lowest BCUT2D eigenvalue weighted by molar-refractivity contribution is -0.0777. The molecule has 3 N–H and O–H groups in total. The number of aliphatic hydroxyl groups excluding tert-OH is 3. The first-order chi connectivity index (χ1) is 4.29. The predicted molar refractivity (Wildman–Crippen MR) is 31.8 cm³/mol. The molecule has 0 aromatic heterocycles. The highest BCUT2D eigenvalue weighted by Crippen LogP contribution is 2.33. The van der Waals surface area contributed by atoms with Crippen LogP contribution in [0.3, 0.4) is 0 Å². The molecule has 3 nitrogen and oxygen atoms in total. The second-order valence-corrected chi connectivity index (χ2v) is 2.59. The molecule has 1 fully saturated rings. The average molecular weight is 132 g/mol. The molecule has 0 amide bonds. The largest absolute Gasteiger partial charge is 0.396 e. The molecule has 0 unspecified atom stereocenters. The molecule has 1 rings (SSSR count). The Morgan fingerprint density at radius 3 is 2.11 bits per heavy atom. The summed E-state index contributed by atoms with van der Waals surface area (Å²) in [6.07, 6.45) is 0.258. The Kier molecular flexibility index (Phi) is 2.05. The molecule has 0 aromatic rings. The highest BCUT2D eigenvalue weighted by Gasteiger charge is 2.38. The molecule has 1 aliphatic carbocycles. The highest BCUT2D eigenvalue weighted by atomic mass is 16.3. The highest BCUT2D eigenvalue weighted by molar-refractivity contribution is 4.87. The number of hydrogen-bond acceptors (Lipinski definition) is 3. The van der Waals surface area contributed by atoms with Crippen molar-refractivity contribution >= 4 is 0 Å². The second kappa shape index (κ2) is 2.64. The summed E-state index contributed by atoms with van der Waals surface area (Å²) < 4.78 is 0.